The smallest absolute Gasteiger partial charge is 0.871 e. The second-order valence-electron chi connectivity index (χ2n) is 3.27. The van der Waals surface area contributed by atoms with Crippen LogP contribution in [0.1, 0.15) is 0 Å². The Morgan fingerprint density at radius 3 is 2.32 bits per heavy atom. The summed E-state index contributed by atoms with van der Waals surface area (Å²) in [5.41, 5.74) is 5.04. The Kier molecular flexibility index (Phi) is 6.75. The van der Waals surface area contributed by atoms with Crippen molar-refractivity contribution < 1.29 is 60.2 Å². The van der Waals surface area contributed by atoms with Gasteiger partial charge in [0.1, 0.15) is 0 Å². The van der Waals surface area contributed by atoms with E-state index in [0.717, 1.165) is 18.2 Å². The van der Waals surface area contributed by atoms with E-state index in [2.05, 4.69) is 4.18 Å². The van der Waals surface area contributed by atoms with E-state index in [4.69, 9.17) is 10.3 Å². The van der Waals surface area contributed by atoms with E-state index < -0.39 is 38.3 Å². The van der Waals surface area contributed by atoms with Gasteiger partial charge in [0, 0.05) is 5.69 Å². The zero-order valence-electron chi connectivity index (χ0n) is 9.94. The fraction of sp³-hybridized carbons (Fsp3) is 0.250. The molecule has 0 saturated carbocycles. The van der Waals surface area contributed by atoms with Crippen LogP contribution in [0.25, 0.3) is 0 Å². The summed E-state index contributed by atoms with van der Waals surface area (Å²) < 4.78 is 55.9. The van der Waals surface area contributed by atoms with Crippen LogP contribution in [0, 0.1) is 0 Å². The Morgan fingerprint density at radius 1 is 1.26 bits per heavy atom. The van der Waals surface area contributed by atoms with Gasteiger partial charge < -0.3 is 10.8 Å². The van der Waals surface area contributed by atoms with E-state index in [1.54, 1.807) is 0 Å². The number of hydrogen-bond acceptors (Lipinski definition) is 7. The summed E-state index contributed by atoms with van der Waals surface area (Å²) in [6.45, 7) is -0.736. The Hall–Kier alpha value is -0.360. The minimum absolute atomic E-state index is 0. The van der Waals surface area contributed by atoms with Crippen molar-refractivity contribution in [2.24, 2.45) is 0 Å². The molecule has 0 bridgehead atoms. The van der Waals surface area contributed by atoms with E-state index in [1.807, 2.05) is 0 Å². The first kappa shape index (κ1) is 18.6. The van der Waals surface area contributed by atoms with Gasteiger partial charge in [-0.25, -0.2) is 12.6 Å². The van der Waals surface area contributed by atoms with Crippen molar-refractivity contribution >= 4 is 25.9 Å². The number of nitrogens with two attached hydrogens (primary N) is 1. The number of anilines is 1. The molecule has 0 aliphatic heterocycles. The van der Waals surface area contributed by atoms with Crippen LogP contribution in [-0.2, 0) is 24.4 Å². The normalized spacial score (nSPS) is 11.8. The topological polar surface area (TPSA) is 147 Å². The van der Waals surface area contributed by atoms with Crippen LogP contribution in [0.5, 0.6) is 5.75 Å². The fourth-order valence-electron chi connectivity index (χ4n) is 1.09. The van der Waals surface area contributed by atoms with Crippen molar-refractivity contribution in [3.05, 3.63) is 18.2 Å². The summed E-state index contributed by atoms with van der Waals surface area (Å²) in [5.74, 6) is -1.19. The van der Waals surface area contributed by atoms with Crippen molar-refractivity contribution in [2.45, 2.75) is 4.90 Å². The van der Waals surface area contributed by atoms with E-state index >= 15 is 0 Å². The first-order valence-electron chi connectivity index (χ1n) is 4.53. The summed E-state index contributed by atoms with van der Waals surface area (Å²) in [5, 5.41) is 11.0. The summed E-state index contributed by atoms with van der Waals surface area (Å²) in [4.78, 5) is -0.224. The molecule has 3 N–H and O–H groups in total. The van der Waals surface area contributed by atoms with Crippen LogP contribution < -0.4 is 40.4 Å². The van der Waals surface area contributed by atoms with Crippen molar-refractivity contribution in [3.8, 4) is 5.75 Å². The van der Waals surface area contributed by atoms with Gasteiger partial charge in [-0.3, -0.25) is 4.55 Å². The molecule has 0 aromatic heterocycles. The molecular weight excluding hydrogens is 309 g/mol. The molecule has 11 heteroatoms. The Bertz CT molecular complexity index is 641. The molecule has 0 aliphatic rings. The Balaban J connectivity index is 0.00000324. The van der Waals surface area contributed by atoms with Crippen molar-refractivity contribution in [2.75, 3.05) is 18.1 Å². The molecule has 0 atom stereocenters. The molecule has 8 nitrogen and oxygen atoms in total. The molecule has 102 valence electrons. The van der Waals surface area contributed by atoms with Crippen LogP contribution in [0.3, 0.4) is 0 Å². The third-order valence-corrected chi connectivity index (χ3v) is 4.07. The summed E-state index contributed by atoms with van der Waals surface area (Å²) in [6.07, 6.45) is 0. The largest absolute Gasteiger partial charge is 1.00 e. The number of nitrogen functional groups attached to an aromatic ring is 1. The van der Waals surface area contributed by atoms with Gasteiger partial charge in [-0.15, -0.1) is 0 Å². The third kappa shape index (κ3) is 6.08. The average molecular weight is 319 g/mol. The van der Waals surface area contributed by atoms with Crippen LogP contribution in [-0.4, -0.2) is 33.7 Å². The second-order valence-corrected chi connectivity index (χ2v) is 6.47. The van der Waals surface area contributed by atoms with E-state index in [0.29, 0.717) is 0 Å². The number of sulfone groups is 1. The number of hydrogen-bond donors (Lipinski definition) is 2. The summed E-state index contributed by atoms with van der Waals surface area (Å²) in [6, 6.07) is 3.03. The SMILES string of the molecule is Nc1cc(S(=O)(=O)CCOS(=O)(=O)O)ccc1[O-].[Na+]. The van der Waals surface area contributed by atoms with Crippen molar-refractivity contribution in [3.63, 3.8) is 0 Å². The zero-order chi connectivity index (χ0) is 14.0. The van der Waals surface area contributed by atoms with Gasteiger partial charge in [0.25, 0.3) is 0 Å². The monoisotopic (exact) mass is 319 g/mol. The molecule has 0 heterocycles. The summed E-state index contributed by atoms with van der Waals surface area (Å²) in [7, 11) is -8.52. The predicted molar refractivity (Wildman–Crippen MR) is 59.9 cm³/mol. The van der Waals surface area contributed by atoms with Crippen LogP contribution in [0.15, 0.2) is 23.1 Å². The van der Waals surface area contributed by atoms with E-state index in [1.165, 1.54) is 0 Å². The Morgan fingerprint density at radius 2 is 1.84 bits per heavy atom. The van der Waals surface area contributed by atoms with Crippen LogP contribution >= 0.6 is 0 Å². The minimum atomic E-state index is -4.68. The molecule has 0 radical (unpaired) electrons. The van der Waals surface area contributed by atoms with E-state index in [9.17, 15) is 21.9 Å². The average Bonchev–Trinajstić information content (AvgIpc) is 2.19. The fourth-order valence-corrected chi connectivity index (χ4v) is 2.61. The molecule has 0 unspecified atom stereocenters. The quantitative estimate of drug-likeness (QED) is 0.316. The Labute approximate surface area is 132 Å². The zero-order valence-corrected chi connectivity index (χ0v) is 13.6. The maximum atomic E-state index is 11.7. The maximum absolute atomic E-state index is 11.7. The van der Waals surface area contributed by atoms with Crippen molar-refractivity contribution in [1.29, 1.82) is 0 Å². The van der Waals surface area contributed by atoms with Crippen LogP contribution in [0.2, 0.25) is 0 Å². The number of rotatable bonds is 5. The van der Waals surface area contributed by atoms with Crippen LogP contribution in [0.4, 0.5) is 5.69 Å². The first-order chi connectivity index (χ1) is 8.12. The molecule has 1 aromatic rings. The molecule has 0 spiro atoms. The van der Waals surface area contributed by atoms with Gasteiger partial charge in [0.2, 0.25) is 0 Å². The predicted octanol–water partition coefficient (Wildman–Crippen LogP) is -4.06. The minimum Gasteiger partial charge on any atom is -0.871 e. The molecule has 0 aliphatic carbocycles. The molecular formula is C8H10NNaO7S2. The van der Waals surface area contributed by atoms with Gasteiger partial charge in [-0.05, 0) is 12.1 Å². The molecule has 0 fully saturated rings. The molecule has 1 rings (SSSR count). The van der Waals surface area contributed by atoms with Gasteiger partial charge in [-0.1, -0.05) is 11.8 Å². The van der Waals surface area contributed by atoms with Gasteiger partial charge >= 0.3 is 40.0 Å². The third-order valence-electron chi connectivity index (χ3n) is 1.92. The van der Waals surface area contributed by atoms with E-state index in [-0.39, 0.29) is 40.1 Å². The molecule has 0 amide bonds. The molecule has 0 saturated heterocycles. The molecule has 19 heavy (non-hydrogen) atoms. The van der Waals surface area contributed by atoms with Gasteiger partial charge in [0.05, 0.1) is 17.3 Å². The van der Waals surface area contributed by atoms with Gasteiger partial charge in [0.15, 0.2) is 9.84 Å². The summed E-state index contributed by atoms with van der Waals surface area (Å²) >= 11 is 0. The maximum Gasteiger partial charge on any atom is 1.00 e. The second kappa shape index (κ2) is 6.88. The standard InChI is InChI=1S/C8H11NO7S2.Na/c9-7-5-6(1-2-8(7)10)17(11,12)4-3-16-18(13,14)15;/h1-2,5,10H,3-4,9H2,(H,13,14,15);/q;+1/p-1. The van der Waals surface area contributed by atoms with Crippen molar-refractivity contribution in [1.82, 2.24) is 0 Å². The molecule has 1 aromatic carbocycles. The first-order valence-corrected chi connectivity index (χ1v) is 7.55. The number of benzene rings is 1. The van der Waals surface area contributed by atoms with Gasteiger partial charge in [-0.2, -0.15) is 8.42 Å².